The Morgan fingerprint density at radius 2 is 1.69 bits per heavy atom. The van der Waals surface area contributed by atoms with Crippen molar-refractivity contribution in [3.63, 3.8) is 0 Å². The number of esters is 2. The Balaban J connectivity index is 2.51. The predicted molar refractivity (Wildman–Crippen MR) is 94.6 cm³/mol. The Labute approximate surface area is 161 Å². The van der Waals surface area contributed by atoms with Crippen LogP contribution in [0.25, 0.3) is 0 Å². The van der Waals surface area contributed by atoms with E-state index in [1.807, 2.05) is 0 Å². The van der Waals surface area contributed by atoms with Crippen LogP contribution in [0.4, 0.5) is 0 Å². The zero-order valence-electron chi connectivity index (χ0n) is 14.4. The van der Waals surface area contributed by atoms with Crippen LogP contribution in [-0.4, -0.2) is 47.4 Å². The molecule has 0 bridgehead atoms. The molecule has 144 valence electrons. The van der Waals surface area contributed by atoms with Crippen LogP contribution in [0.3, 0.4) is 0 Å². The van der Waals surface area contributed by atoms with Gasteiger partial charge in [-0.05, 0) is 30.5 Å². The number of methoxy groups -OCH3 is 2. The highest BCUT2D eigenvalue weighted by Gasteiger charge is 2.78. The summed E-state index contributed by atoms with van der Waals surface area (Å²) >= 11 is 12.0. The predicted octanol–water partition coefficient (Wildman–Crippen LogP) is 2.33. The molecule has 1 aliphatic carbocycles. The fraction of sp³-hybridized carbons (Fsp3) is 0.500. The van der Waals surface area contributed by atoms with Crippen LogP contribution in [0, 0.1) is 5.41 Å². The summed E-state index contributed by atoms with van der Waals surface area (Å²) in [6.07, 6.45) is 1.05. The third kappa shape index (κ3) is 3.55. The molecule has 26 heavy (non-hydrogen) atoms. The minimum atomic E-state index is -3.68. The van der Waals surface area contributed by atoms with Gasteiger partial charge in [-0.3, -0.25) is 13.8 Å². The molecule has 10 heteroatoms. The number of halogens is 2. The van der Waals surface area contributed by atoms with Gasteiger partial charge < -0.3 is 9.47 Å². The van der Waals surface area contributed by atoms with E-state index in [-0.39, 0.29) is 24.5 Å². The number of carbonyl (C=O) groups is 2. The quantitative estimate of drug-likeness (QED) is 0.376. The molecule has 0 spiro atoms. The minimum absolute atomic E-state index is 0.0578. The highest BCUT2D eigenvalue weighted by Crippen LogP contribution is 2.68. The summed E-state index contributed by atoms with van der Waals surface area (Å²) in [5.41, 5.74) is -2.14. The maximum atomic E-state index is 12.5. The molecule has 2 rings (SSSR count). The average molecular weight is 425 g/mol. The molecule has 0 amide bonds. The van der Waals surface area contributed by atoms with Gasteiger partial charge in [0.15, 0.2) is 5.41 Å². The summed E-state index contributed by atoms with van der Waals surface area (Å²) in [7, 11) is -1.36. The third-order valence-electron chi connectivity index (χ3n) is 4.63. The summed E-state index contributed by atoms with van der Waals surface area (Å²) < 4.78 is 37.0. The topological polar surface area (TPSA) is 96.0 Å². The molecule has 1 aliphatic rings. The number of rotatable bonds is 7. The zero-order chi connectivity index (χ0) is 19.8. The summed E-state index contributed by atoms with van der Waals surface area (Å²) in [5, 5.41) is 0.545. The van der Waals surface area contributed by atoms with Gasteiger partial charge in [0.05, 0.1) is 37.1 Å². The van der Waals surface area contributed by atoms with Gasteiger partial charge in [-0.1, -0.05) is 29.3 Å². The van der Waals surface area contributed by atoms with Crippen molar-refractivity contribution in [2.45, 2.75) is 18.3 Å². The van der Waals surface area contributed by atoms with Crippen molar-refractivity contribution in [3.8, 4) is 0 Å². The molecule has 1 fully saturated rings. The molecule has 0 aromatic heterocycles. The summed E-state index contributed by atoms with van der Waals surface area (Å²) in [6, 6.07) is 4.70. The van der Waals surface area contributed by atoms with Crippen molar-refractivity contribution in [1.29, 1.82) is 0 Å². The second-order valence-electron chi connectivity index (χ2n) is 6.05. The molecular formula is C16H18Cl2O7S. The van der Waals surface area contributed by atoms with Crippen LogP contribution in [0.5, 0.6) is 0 Å². The minimum Gasteiger partial charge on any atom is -0.468 e. The smallest absolute Gasteiger partial charge is 0.324 e. The largest absolute Gasteiger partial charge is 0.468 e. The van der Waals surface area contributed by atoms with Gasteiger partial charge in [-0.25, -0.2) is 0 Å². The number of hydrogen-bond donors (Lipinski definition) is 0. The van der Waals surface area contributed by atoms with Crippen molar-refractivity contribution in [2.75, 3.05) is 27.1 Å². The standard InChI is InChI=1S/C16H18Cl2O7S/c1-23-13(19)16(14(20)24-2)9-15(16,6-7-25-26(3,21)22)10-4-5-11(17)12(18)8-10/h4-5,8H,6-7,9H2,1-3H3/t15-/m0/s1. The normalized spacial score (nSPS) is 21.1. The van der Waals surface area contributed by atoms with E-state index in [2.05, 4.69) is 0 Å². The summed E-state index contributed by atoms with van der Waals surface area (Å²) in [6.45, 7) is -0.227. The Morgan fingerprint density at radius 1 is 1.12 bits per heavy atom. The summed E-state index contributed by atoms with van der Waals surface area (Å²) in [5.74, 6) is -1.54. The molecule has 0 heterocycles. The van der Waals surface area contributed by atoms with E-state index in [0.717, 1.165) is 20.5 Å². The molecule has 1 aromatic rings. The van der Waals surface area contributed by atoms with Gasteiger partial charge in [0, 0.05) is 5.41 Å². The molecule has 1 atom stereocenters. The Kier molecular flexibility index (Phi) is 5.92. The number of ether oxygens (including phenoxy) is 2. The van der Waals surface area contributed by atoms with Crippen LogP contribution < -0.4 is 0 Å². The van der Waals surface area contributed by atoms with E-state index in [4.69, 9.17) is 36.9 Å². The Morgan fingerprint density at radius 3 is 2.15 bits per heavy atom. The Bertz CT molecular complexity index is 821. The van der Waals surface area contributed by atoms with Gasteiger partial charge in [-0.15, -0.1) is 0 Å². The average Bonchev–Trinajstić information content (AvgIpc) is 3.26. The number of carbonyl (C=O) groups excluding carboxylic acids is 2. The first-order chi connectivity index (χ1) is 12.0. The molecule has 1 saturated carbocycles. The van der Waals surface area contributed by atoms with Crippen molar-refractivity contribution in [3.05, 3.63) is 33.8 Å². The molecule has 0 unspecified atom stereocenters. The fourth-order valence-electron chi connectivity index (χ4n) is 3.33. The van der Waals surface area contributed by atoms with Gasteiger partial charge in [0.25, 0.3) is 10.1 Å². The van der Waals surface area contributed by atoms with Gasteiger partial charge in [0.1, 0.15) is 0 Å². The lowest BCUT2D eigenvalue weighted by Gasteiger charge is -2.23. The lowest BCUT2D eigenvalue weighted by molar-refractivity contribution is -0.162. The number of benzene rings is 1. The molecule has 1 aromatic carbocycles. The van der Waals surface area contributed by atoms with E-state index in [1.165, 1.54) is 12.1 Å². The second-order valence-corrected chi connectivity index (χ2v) is 8.51. The zero-order valence-corrected chi connectivity index (χ0v) is 16.7. The SMILES string of the molecule is COC(=O)C1(C(=O)OC)C[C@@]1(CCOS(C)(=O)=O)c1ccc(Cl)c(Cl)c1. The molecule has 0 radical (unpaired) electrons. The van der Waals surface area contributed by atoms with Gasteiger partial charge >= 0.3 is 11.9 Å². The highest BCUT2D eigenvalue weighted by molar-refractivity contribution is 7.85. The van der Waals surface area contributed by atoms with Crippen molar-refractivity contribution in [1.82, 2.24) is 0 Å². The van der Waals surface area contributed by atoms with E-state index in [9.17, 15) is 18.0 Å². The summed E-state index contributed by atoms with van der Waals surface area (Å²) in [4.78, 5) is 24.9. The van der Waals surface area contributed by atoms with Crippen LogP contribution in [0.1, 0.15) is 18.4 Å². The molecule has 0 saturated heterocycles. The first kappa shape index (κ1) is 21.0. The monoisotopic (exact) mass is 424 g/mol. The lowest BCUT2D eigenvalue weighted by Crippen LogP contribution is -2.37. The first-order valence-corrected chi connectivity index (χ1v) is 10.1. The Hall–Kier alpha value is -1.35. The third-order valence-corrected chi connectivity index (χ3v) is 5.96. The van der Waals surface area contributed by atoms with Gasteiger partial charge in [0.2, 0.25) is 0 Å². The van der Waals surface area contributed by atoms with Gasteiger partial charge in [-0.2, -0.15) is 8.42 Å². The van der Waals surface area contributed by atoms with E-state index in [0.29, 0.717) is 10.6 Å². The number of hydrogen-bond acceptors (Lipinski definition) is 7. The second kappa shape index (κ2) is 7.34. The molecule has 7 nitrogen and oxygen atoms in total. The maximum Gasteiger partial charge on any atom is 0.324 e. The maximum absolute atomic E-state index is 12.5. The van der Waals surface area contributed by atoms with E-state index >= 15 is 0 Å². The molecular weight excluding hydrogens is 407 g/mol. The van der Waals surface area contributed by atoms with Crippen molar-refractivity contribution >= 4 is 45.3 Å². The van der Waals surface area contributed by atoms with Crippen LogP contribution in [0.2, 0.25) is 10.0 Å². The van der Waals surface area contributed by atoms with Crippen LogP contribution in [-0.2, 0) is 38.8 Å². The molecule has 0 N–H and O–H groups in total. The van der Waals surface area contributed by atoms with Crippen LogP contribution in [0.15, 0.2) is 18.2 Å². The first-order valence-electron chi connectivity index (χ1n) is 7.51. The van der Waals surface area contributed by atoms with Crippen molar-refractivity contribution in [2.24, 2.45) is 5.41 Å². The molecule has 0 aliphatic heterocycles. The fourth-order valence-corrected chi connectivity index (χ4v) is 4.02. The van der Waals surface area contributed by atoms with E-state index < -0.39 is 32.9 Å². The van der Waals surface area contributed by atoms with Crippen LogP contribution >= 0.6 is 23.2 Å². The van der Waals surface area contributed by atoms with E-state index in [1.54, 1.807) is 6.07 Å². The van der Waals surface area contributed by atoms with Crippen molar-refractivity contribution < 1.29 is 31.7 Å². The highest BCUT2D eigenvalue weighted by atomic mass is 35.5. The lowest BCUT2D eigenvalue weighted by atomic mass is 9.83.